The van der Waals surface area contributed by atoms with Crippen LogP contribution < -0.4 is 11.1 Å². The number of hydrogen-bond donors (Lipinski definition) is 2. The van der Waals surface area contributed by atoms with Gasteiger partial charge in [0, 0.05) is 12.6 Å². The van der Waals surface area contributed by atoms with Gasteiger partial charge in [-0.05, 0) is 26.3 Å². The molecule has 1 aliphatic rings. The lowest BCUT2D eigenvalue weighted by Gasteiger charge is -2.21. The first-order valence-corrected chi connectivity index (χ1v) is 5.25. The number of hydrogen-bond acceptors (Lipinski definition) is 4. The molecule has 0 amide bonds. The number of piperidine rings is 1. The highest BCUT2D eigenvalue weighted by molar-refractivity contribution is 5.83. The Hall–Kier alpha value is -1.36. The lowest BCUT2D eigenvalue weighted by molar-refractivity contribution is 0.0798. The zero-order valence-electron chi connectivity index (χ0n) is 8.86. The predicted octanol–water partition coefficient (Wildman–Crippen LogP) is 0.414. The van der Waals surface area contributed by atoms with Gasteiger partial charge in [-0.1, -0.05) is 0 Å². The Bertz CT molecular complexity index is 365. The topological polar surface area (TPSA) is 72.9 Å². The van der Waals surface area contributed by atoms with E-state index in [1.54, 1.807) is 6.07 Å². The number of aromatic nitrogens is 2. The minimum Gasteiger partial charge on any atom is -0.383 e. The Kier molecular flexibility index (Phi) is 2.73. The number of nitrogen functional groups attached to an aromatic ring is 1. The van der Waals surface area contributed by atoms with Crippen LogP contribution in [0.1, 0.15) is 23.3 Å². The van der Waals surface area contributed by atoms with E-state index in [1.807, 2.05) is 6.92 Å². The molecular weight excluding hydrogens is 192 g/mol. The molecule has 0 radical (unpaired) electrons. The first kappa shape index (κ1) is 10.2. The zero-order valence-corrected chi connectivity index (χ0v) is 8.86. The molecule has 1 aromatic heterocycles. The van der Waals surface area contributed by atoms with Crippen LogP contribution in [0.25, 0.3) is 0 Å². The largest absolute Gasteiger partial charge is 0.383 e. The van der Waals surface area contributed by atoms with Gasteiger partial charge in [0.25, 0.3) is 5.91 Å². The van der Waals surface area contributed by atoms with E-state index in [0.29, 0.717) is 5.82 Å². The van der Waals surface area contributed by atoms with Gasteiger partial charge in [-0.15, -0.1) is 0 Å². The fourth-order valence-corrected chi connectivity index (χ4v) is 1.93. The maximum Gasteiger partial charge on any atom is 0.253 e. The van der Waals surface area contributed by atoms with Crippen molar-refractivity contribution in [2.45, 2.75) is 19.8 Å². The molecule has 1 aromatic rings. The average molecular weight is 208 g/mol. The summed E-state index contributed by atoms with van der Waals surface area (Å²) in [4.78, 5) is 12.0. The van der Waals surface area contributed by atoms with E-state index in [4.69, 9.17) is 5.73 Å². The van der Waals surface area contributed by atoms with Crippen molar-refractivity contribution in [3.8, 4) is 0 Å². The third-order valence-electron chi connectivity index (χ3n) is 2.71. The first-order valence-electron chi connectivity index (χ1n) is 5.25. The summed E-state index contributed by atoms with van der Waals surface area (Å²) in [6.45, 7) is 3.56. The second-order valence-corrected chi connectivity index (χ2v) is 4.00. The molecule has 1 unspecified atom stereocenters. The molecule has 1 fully saturated rings. The summed E-state index contributed by atoms with van der Waals surface area (Å²) in [5.74, 6) is 0.455. The van der Waals surface area contributed by atoms with E-state index in [1.165, 1.54) is 4.68 Å². The van der Waals surface area contributed by atoms with E-state index < -0.39 is 0 Å². The summed E-state index contributed by atoms with van der Waals surface area (Å²) >= 11 is 0. The van der Waals surface area contributed by atoms with E-state index in [9.17, 15) is 4.79 Å². The van der Waals surface area contributed by atoms with Gasteiger partial charge in [0.05, 0.1) is 11.6 Å². The molecule has 0 spiro atoms. The van der Waals surface area contributed by atoms with Gasteiger partial charge in [-0.25, -0.2) is 0 Å². The first-order chi connectivity index (χ1) is 7.18. The maximum atomic E-state index is 12.0. The molecule has 5 heteroatoms. The van der Waals surface area contributed by atoms with Crippen LogP contribution in [0.2, 0.25) is 0 Å². The molecule has 0 saturated carbocycles. The molecule has 0 bridgehead atoms. The third-order valence-corrected chi connectivity index (χ3v) is 2.71. The Labute approximate surface area is 88.6 Å². The van der Waals surface area contributed by atoms with E-state index in [-0.39, 0.29) is 11.8 Å². The molecule has 0 aliphatic carbocycles. The molecular formula is C10H16N4O. The third kappa shape index (κ3) is 2.02. The van der Waals surface area contributed by atoms with Gasteiger partial charge >= 0.3 is 0 Å². The number of carbonyl (C=O) groups is 1. The normalized spacial score (nSPS) is 21.5. The second-order valence-electron chi connectivity index (χ2n) is 4.00. The van der Waals surface area contributed by atoms with Crippen LogP contribution in [0, 0.1) is 12.8 Å². The Morgan fingerprint density at radius 2 is 2.53 bits per heavy atom. The van der Waals surface area contributed by atoms with Crippen molar-refractivity contribution in [2.75, 3.05) is 18.8 Å². The highest BCUT2D eigenvalue weighted by atomic mass is 16.2. The Balaban J connectivity index is 2.16. The predicted molar refractivity (Wildman–Crippen MR) is 57.6 cm³/mol. The van der Waals surface area contributed by atoms with E-state index >= 15 is 0 Å². The minimum absolute atomic E-state index is 0.00722. The number of rotatable bonds is 1. The number of carbonyl (C=O) groups excluding carboxylic acids is 1. The van der Waals surface area contributed by atoms with Gasteiger partial charge in [0.2, 0.25) is 0 Å². The van der Waals surface area contributed by atoms with Gasteiger partial charge in [0.1, 0.15) is 5.82 Å². The average Bonchev–Trinajstić information content (AvgIpc) is 2.58. The van der Waals surface area contributed by atoms with Crippen molar-refractivity contribution >= 4 is 11.7 Å². The SMILES string of the molecule is Cc1cc(N)n(C(=O)C2CCCNC2)n1. The number of nitrogens with one attached hydrogen (secondary N) is 1. The fraction of sp³-hybridized carbons (Fsp3) is 0.600. The fourth-order valence-electron chi connectivity index (χ4n) is 1.93. The summed E-state index contributed by atoms with van der Waals surface area (Å²) in [5.41, 5.74) is 6.49. The molecule has 1 aliphatic heterocycles. The molecule has 1 atom stereocenters. The van der Waals surface area contributed by atoms with Crippen LogP contribution in [-0.2, 0) is 0 Å². The van der Waals surface area contributed by atoms with Crippen LogP contribution >= 0.6 is 0 Å². The summed E-state index contributed by atoms with van der Waals surface area (Å²) in [7, 11) is 0. The smallest absolute Gasteiger partial charge is 0.253 e. The molecule has 2 rings (SSSR count). The summed E-state index contributed by atoms with van der Waals surface area (Å²) in [5, 5.41) is 7.31. The van der Waals surface area contributed by atoms with Crippen LogP contribution in [0.3, 0.4) is 0 Å². The van der Waals surface area contributed by atoms with Crippen LogP contribution in [0.15, 0.2) is 6.07 Å². The quantitative estimate of drug-likeness (QED) is 0.701. The van der Waals surface area contributed by atoms with E-state index in [2.05, 4.69) is 10.4 Å². The molecule has 0 aromatic carbocycles. The van der Waals surface area contributed by atoms with Crippen LogP contribution in [0.5, 0.6) is 0 Å². The highest BCUT2D eigenvalue weighted by Gasteiger charge is 2.24. The monoisotopic (exact) mass is 208 g/mol. The maximum absolute atomic E-state index is 12.0. The van der Waals surface area contributed by atoms with Crippen LogP contribution in [-0.4, -0.2) is 28.8 Å². The standard InChI is InChI=1S/C10H16N4O/c1-7-5-9(11)14(13-7)10(15)8-3-2-4-12-6-8/h5,8,12H,2-4,6,11H2,1H3. The second kappa shape index (κ2) is 4.02. The summed E-state index contributed by atoms with van der Waals surface area (Å²) < 4.78 is 1.33. The van der Waals surface area contributed by atoms with Gasteiger partial charge in [-0.2, -0.15) is 9.78 Å². The lowest BCUT2D eigenvalue weighted by Crippen LogP contribution is -2.37. The van der Waals surface area contributed by atoms with Crippen molar-refractivity contribution in [2.24, 2.45) is 5.92 Å². The van der Waals surface area contributed by atoms with Crippen molar-refractivity contribution in [1.29, 1.82) is 0 Å². The summed E-state index contributed by atoms with van der Waals surface area (Å²) in [6.07, 6.45) is 1.96. The molecule has 5 nitrogen and oxygen atoms in total. The number of nitrogens with two attached hydrogens (primary N) is 1. The summed E-state index contributed by atoms with van der Waals surface area (Å²) in [6, 6.07) is 1.72. The number of nitrogens with zero attached hydrogens (tertiary/aromatic N) is 2. The minimum atomic E-state index is 0.00722. The van der Waals surface area contributed by atoms with Crippen molar-refractivity contribution in [3.05, 3.63) is 11.8 Å². The number of anilines is 1. The Morgan fingerprint density at radius 3 is 3.07 bits per heavy atom. The van der Waals surface area contributed by atoms with Crippen molar-refractivity contribution < 1.29 is 4.79 Å². The lowest BCUT2D eigenvalue weighted by atomic mass is 9.99. The molecule has 2 heterocycles. The number of aryl methyl sites for hydroxylation is 1. The zero-order chi connectivity index (χ0) is 10.8. The van der Waals surface area contributed by atoms with Gasteiger partial charge in [0.15, 0.2) is 0 Å². The molecule has 15 heavy (non-hydrogen) atoms. The molecule has 82 valence electrons. The van der Waals surface area contributed by atoms with Gasteiger partial charge in [-0.3, -0.25) is 4.79 Å². The van der Waals surface area contributed by atoms with Crippen molar-refractivity contribution in [1.82, 2.24) is 15.1 Å². The Morgan fingerprint density at radius 1 is 1.73 bits per heavy atom. The molecule has 1 saturated heterocycles. The van der Waals surface area contributed by atoms with E-state index in [0.717, 1.165) is 31.6 Å². The van der Waals surface area contributed by atoms with Crippen LogP contribution in [0.4, 0.5) is 5.82 Å². The van der Waals surface area contributed by atoms with Crippen molar-refractivity contribution in [3.63, 3.8) is 0 Å². The highest BCUT2D eigenvalue weighted by Crippen LogP contribution is 2.15. The molecule has 3 N–H and O–H groups in total. The van der Waals surface area contributed by atoms with Gasteiger partial charge < -0.3 is 11.1 Å².